The van der Waals surface area contributed by atoms with Crippen molar-refractivity contribution in [3.8, 4) is 5.75 Å². The molecule has 16 heavy (non-hydrogen) atoms. The standard InChI is InChI=1S/C13H18O3/c1-9-6-7-11(10(2)8-9)16-13(3,4)12(14)15-5/h6-8H,1-5H3. The van der Waals surface area contributed by atoms with Crippen molar-refractivity contribution in [1.29, 1.82) is 0 Å². The van der Waals surface area contributed by atoms with Gasteiger partial charge in [-0.1, -0.05) is 17.7 Å². The third-order valence-corrected chi connectivity index (χ3v) is 2.37. The van der Waals surface area contributed by atoms with Crippen LogP contribution in [0.5, 0.6) is 5.75 Å². The van der Waals surface area contributed by atoms with Crippen LogP contribution in [0.25, 0.3) is 0 Å². The van der Waals surface area contributed by atoms with E-state index < -0.39 is 5.60 Å². The van der Waals surface area contributed by atoms with E-state index in [0.29, 0.717) is 5.75 Å². The van der Waals surface area contributed by atoms with Gasteiger partial charge >= 0.3 is 5.97 Å². The average molecular weight is 222 g/mol. The summed E-state index contributed by atoms with van der Waals surface area (Å²) in [5.41, 5.74) is 1.21. The van der Waals surface area contributed by atoms with Gasteiger partial charge in [0.15, 0.2) is 5.60 Å². The maximum atomic E-state index is 11.5. The lowest BCUT2D eigenvalue weighted by Crippen LogP contribution is -2.39. The van der Waals surface area contributed by atoms with E-state index in [1.54, 1.807) is 13.8 Å². The molecule has 0 aliphatic heterocycles. The second-order valence-corrected chi connectivity index (χ2v) is 4.37. The van der Waals surface area contributed by atoms with Crippen LogP contribution in [0.1, 0.15) is 25.0 Å². The maximum absolute atomic E-state index is 11.5. The highest BCUT2D eigenvalue weighted by Gasteiger charge is 2.31. The monoisotopic (exact) mass is 222 g/mol. The molecule has 1 aromatic rings. The summed E-state index contributed by atoms with van der Waals surface area (Å²) in [6.07, 6.45) is 0. The van der Waals surface area contributed by atoms with Crippen LogP contribution >= 0.6 is 0 Å². The van der Waals surface area contributed by atoms with Crippen LogP contribution in [0, 0.1) is 13.8 Å². The molecular formula is C13H18O3. The molecule has 1 aromatic carbocycles. The fourth-order valence-corrected chi connectivity index (χ4v) is 1.48. The van der Waals surface area contributed by atoms with Gasteiger partial charge in [0, 0.05) is 0 Å². The van der Waals surface area contributed by atoms with Gasteiger partial charge in [-0.2, -0.15) is 0 Å². The largest absolute Gasteiger partial charge is 0.476 e. The molecule has 1 rings (SSSR count). The van der Waals surface area contributed by atoms with Crippen molar-refractivity contribution >= 4 is 5.97 Å². The average Bonchev–Trinajstić information content (AvgIpc) is 2.21. The fraction of sp³-hybridized carbons (Fsp3) is 0.462. The lowest BCUT2D eigenvalue weighted by Gasteiger charge is -2.24. The number of carbonyl (C=O) groups is 1. The van der Waals surface area contributed by atoms with Crippen molar-refractivity contribution in [1.82, 2.24) is 0 Å². The first-order valence-corrected chi connectivity index (χ1v) is 5.21. The van der Waals surface area contributed by atoms with Gasteiger partial charge in [0.1, 0.15) is 5.75 Å². The minimum atomic E-state index is -0.964. The Hall–Kier alpha value is -1.51. The summed E-state index contributed by atoms with van der Waals surface area (Å²) in [6, 6.07) is 5.84. The van der Waals surface area contributed by atoms with Gasteiger partial charge in [-0.15, -0.1) is 0 Å². The summed E-state index contributed by atoms with van der Waals surface area (Å²) in [7, 11) is 1.36. The predicted molar refractivity (Wildman–Crippen MR) is 62.6 cm³/mol. The van der Waals surface area contributed by atoms with Crippen molar-refractivity contribution in [3.05, 3.63) is 29.3 Å². The van der Waals surface area contributed by atoms with Crippen LogP contribution in [0.15, 0.2) is 18.2 Å². The number of methoxy groups -OCH3 is 1. The second-order valence-electron chi connectivity index (χ2n) is 4.37. The maximum Gasteiger partial charge on any atom is 0.349 e. The van der Waals surface area contributed by atoms with Crippen LogP contribution in [0.2, 0.25) is 0 Å². The molecule has 0 amide bonds. The summed E-state index contributed by atoms with van der Waals surface area (Å²) in [5.74, 6) is 0.327. The molecule has 0 aliphatic carbocycles. The molecular weight excluding hydrogens is 204 g/mol. The van der Waals surface area contributed by atoms with E-state index in [1.807, 2.05) is 32.0 Å². The lowest BCUT2D eigenvalue weighted by atomic mass is 10.1. The SMILES string of the molecule is COC(=O)C(C)(C)Oc1ccc(C)cc1C. The Bertz CT molecular complexity index is 394. The van der Waals surface area contributed by atoms with E-state index in [1.165, 1.54) is 12.7 Å². The normalized spacial score (nSPS) is 11.1. The molecule has 3 nitrogen and oxygen atoms in total. The zero-order chi connectivity index (χ0) is 12.3. The molecule has 0 unspecified atom stereocenters. The number of ether oxygens (including phenoxy) is 2. The van der Waals surface area contributed by atoms with Crippen LogP contribution < -0.4 is 4.74 Å². The topological polar surface area (TPSA) is 35.5 Å². The van der Waals surface area contributed by atoms with Crippen molar-refractivity contribution in [3.63, 3.8) is 0 Å². The van der Waals surface area contributed by atoms with Gasteiger partial charge in [-0.05, 0) is 39.3 Å². The fourth-order valence-electron chi connectivity index (χ4n) is 1.48. The van der Waals surface area contributed by atoms with E-state index in [-0.39, 0.29) is 5.97 Å². The van der Waals surface area contributed by atoms with Gasteiger partial charge in [-0.3, -0.25) is 0 Å². The van der Waals surface area contributed by atoms with E-state index in [9.17, 15) is 4.79 Å². The van der Waals surface area contributed by atoms with Gasteiger partial charge in [0.2, 0.25) is 0 Å². The molecule has 0 aliphatic rings. The molecule has 0 bridgehead atoms. The molecule has 0 aromatic heterocycles. The lowest BCUT2D eigenvalue weighted by molar-refractivity contribution is -0.156. The molecule has 3 heteroatoms. The van der Waals surface area contributed by atoms with E-state index >= 15 is 0 Å². The number of rotatable bonds is 3. The first-order valence-electron chi connectivity index (χ1n) is 5.21. The van der Waals surface area contributed by atoms with Crippen molar-refractivity contribution in [2.45, 2.75) is 33.3 Å². The van der Waals surface area contributed by atoms with Crippen molar-refractivity contribution < 1.29 is 14.3 Å². The van der Waals surface area contributed by atoms with Crippen molar-refractivity contribution in [2.24, 2.45) is 0 Å². The molecule has 0 saturated carbocycles. The zero-order valence-electron chi connectivity index (χ0n) is 10.5. The molecule has 0 saturated heterocycles. The van der Waals surface area contributed by atoms with Gasteiger partial charge in [-0.25, -0.2) is 4.79 Å². The number of carbonyl (C=O) groups excluding carboxylic acids is 1. The number of aryl methyl sites for hydroxylation is 2. The quantitative estimate of drug-likeness (QED) is 0.737. The van der Waals surface area contributed by atoms with Crippen LogP contribution in [-0.2, 0) is 9.53 Å². The molecule has 0 spiro atoms. The summed E-state index contributed by atoms with van der Waals surface area (Å²) in [6.45, 7) is 7.36. The Morgan fingerprint density at radius 2 is 1.88 bits per heavy atom. The van der Waals surface area contributed by atoms with Crippen LogP contribution in [0.3, 0.4) is 0 Å². The van der Waals surface area contributed by atoms with E-state index in [0.717, 1.165) is 5.56 Å². The van der Waals surface area contributed by atoms with Gasteiger partial charge < -0.3 is 9.47 Å². The highest BCUT2D eigenvalue weighted by Crippen LogP contribution is 2.24. The second kappa shape index (κ2) is 4.56. The molecule has 0 N–H and O–H groups in total. The Morgan fingerprint density at radius 3 is 2.38 bits per heavy atom. The Labute approximate surface area is 96.4 Å². The number of benzene rings is 1. The molecule has 88 valence electrons. The first kappa shape index (κ1) is 12.6. The minimum absolute atomic E-state index is 0.382. The van der Waals surface area contributed by atoms with E-state index in [2.05, 4.69) is 4.74 Å². The van der Waals surface area contributed by atoms with Crippen LogP contribution in [-0.4, -0.2) is 18.7 Å². The molecule has 0 atom stereocenters. The molecule has 0 radical (unpaired) electrons. The van der Waals surface area contributed by atoms with Crippen molar-refractivity contribution in [2.75, 3.05) is 7.11 Å². The summed E-state index contributed by atoms with van der Waals surface area (Å²) < 4.78 is 10.4. The predicted octanol–water partition coefficient (Wildman–Crippen LogP) is 2.63. The Balaban J connectivity index is 2.92. The molecule has 0 heterocycles. The van der Waals surface area contributed by atoms with Crippen LogP contribution in [0.4, 0.5) is 0 Å². The highest BCUT2D eigenvalue weighted by atomic mass is 16.6. The third kappa shape index (κ3) is 2.75. The first-order chi connectivity index (χ1) is 7.36. The minimum Gasteiger partial charge on any atom is -0.476 e. The zero-order valence-corrected chi connectivity index (χ0v) is 10.5. The molecule has 0 fully saturated rings. The summed E-state index contributed by atoms with van der Waals surface area (Å²) >= 11 is 0. The Morgan fingerprint density at radius 1 is 1.25 bits per heavy atom. The summed E-state index contributed by atoms with van der Waals surface area (Å²) in [5, 5.41) is 0. The summed E-state index contributed by atoms with van der Waals surface area (Å²) in [4.78, 5) is 11.5. The van der Waals surface area contributed by atoms with E-state index in [4.69, 9.17) is 4.74 Å². The van der Waals surface area contributed by atoms with Gasteiger partial charge in [0.25, 0.3) is 0 Å². The highest BCUT2D eigenvalue weighted by molar-refractivity contribution is 5.78. The van der Waals surface area contributed by atoms with Gasteiger partial charge in [0.05, 0.1) is 7.11 Å². The number of hydrogen-bond acceptors (Lipinski definition) is 3. The number of esters is 1. The number of hydrogen-bond donors (Lipinski definition) is 0. The smallest absolute Gasteiger partial charge is 0.349 e. The Kier molecular flexibility index (Phi) is 3.58. The third-order valence-electron chi connectivity index (χ3n) is 2.37.